The van der Waals surface area contributed by atoms with Gasteiger partial charge in [0, 0.05) is 24.4 Å². The van der Waals surface area contributed by atoms with Crippen molar-refractivity contribution in [2.24, 2.45) is 0 Å². The number of benzene rings is 2. The molecule has 0 bridgehead atoms. The second-order valence-corrected chi connectivity index (χ2v) is 6.15. The molecule has 8 nitrogen and oxygen atoms in total. The van der Waals surface area contributed by atoms with E-state index in [-0.39, 0.29) is 11.3 Å². The van der Waals surface area contributed by atoms with Gasteiger partial charge in [-0.2, -0.15) is 10.1 Å². The minimum atomic E-state index is -0.425. The maximum absolute atomic E-state index is 13.0. The number of amides is 1. The Morgan fingerprint density at radius 3 is 2.54 bits per heavy atom. The smallest absolute Gasteiger partial charge is 0.276 e. The highest BCUT2D eigenvalue weighted by atomic mass is 16.5. The molecule has 0 unspecified atom stereocenters. The molecule has 2 heterocycles. The molecule has 1 N–H and O–H groups in total. The first kappa shape index (κ1) is 17.6. The van der Waals surface area contributed by atoms with Crippen molar-refractivity contribution in [2.75, 3.05) is 5.32 Å². The van der Waals surface area contributed by atoms with E-state index < -0.39 is 5.91 Å². The Labute approximate surface area is 159 Å². The van der Waals surface area contributed by atoms with Gasteiger partial charge in [0.15, 0.2) is 5.69 Å². The number of fused-ring (bicyclic) bond motifs is 1. The number of carbonyl (C=O) groups excluding carboxylic acids is 1. The topological polar surface area (TPSA) is 103 Å². The van der Waals surface area contributed by atoms with Gasteiger partial charge >= 0.3 is 0 Å². The molecule has 140 valence electrons. The van der Waals surface area contributed by atoms with E-state index in [2.05, 4.69) is 20.6 Å². The summed E-state index contributed by atoms with van der Waals surface area (Å²) in [6.07, 6.45) is 0. The summed E-state index contributed by atoms with van der Waals surface area (Å²) < 4.78 is 6.32. The zero-order chi connectivity index (χ0) is 19.7. The summed E-state index contributed by atoms with van der Waals surface area (Å²) in [4.78, 5) is 29.7. The highest BCUT2D eigenvalue weighted by Gasteiger charge is 2.18. The third-order valence-electron chi connectivity index (χ3n) is 4.33. The molecule has 0 spiro atoms. The van der Waals surface area contributed by atoms with E-state index in [4.69, 9.17) is 4.52 Å². The molecule has 4 aromatic rings. The number of para-hydroxylation sites is 1. The Morgan fingerprint density at radius 1 is 1.11 bits per heavy atom. The molecule has 0 saturated heterocycles. The number of nitrogens with zero attached hydrogens (tertiary/aromatic N) is 4. The minimum Gasteiger partial charge on any atom is -0.339 e. The highest BCUT2D eigenvalue weighted by molar-refractivity contribution is 6.12. The summed E-state index contributed by atoms with van der Waals surface area (Å²) in [5.74, 6) is 0.384. The Balaban J connectivity index is 1.79. The van der Waals surface area contributed by atoms with Crippen molar-refractivity contribution in [1.29, 1.82) is 0 Å². The maximum Gasteiger partial charge on any atom is 0.276 e. The van der Waals surface area contributed by atoms with Gasteiger partial charge in [-0.25, -0.2) is 4.68 Å². The quantitative estimate of drug-likeness (QED) is 0.588. The average molecular weight is 375 g/mol. The summed E-state index contributed by atoms with van der Waals surface area (Å²) in [6, 6.07) is 14.1. The van der Waals surface area contributed by atoms with E-state index in [1.165, 1.54) is 4.68 Å². The normalized spacial score (nSPS) is 10.9. The number of hydrogen-bond acceptors (Lipinski definition) is 6. The lowest BCUT2D eigenvalue weighted by Crippen LogP contribution is -2.27. The van der Waals surface area contributed by atoms with E-state index in [1.807, 2.05) is 6.07 Å². The number of rotatable bonds is 4. The summed E-state index contributed by atoms with van der Waals surface area (Å²) in [7, 11) is 0. The van der Waals surface area contributed by atoms with Crippen molar-refractivity contribution in [1.82, 2.24) is 19.9 Å². The molecular formula is C20H17N5O3. The van der Waals surface area contributed by atoms with E-state index in [0.717, 1.165) is 0 Å². The number of nitrogens with one attached hydrogen (secondary N) is 1. The Bertz CT molecular complexity index is 1240. The highest BCUT2D eigenvalue weighted by Crippen LogP contribution is 2.26. The zero-order valence-corrected chi connectivity index (χ0v) is 15.3. The fraction of sp³-hybridized carbons (Fsp3) is 0.150. The SMILES string of the molecule is CCn1nc(C(=O)Nc2ccccc2-c2noc(C)n2)c2ccccc2c1=O. The molecule has 0 aliphatic carbocycles. The van der Waals surface area contributed by atoms with Crippen molar-refractivity contribution < 1.29 is 9.32 Å². The van der Waals surface area contributed by atoms with Crippen molar-refractivity contribution in [3.63, 3.8) is 0 Å². The molecule has 2 aromatic carbocycles. The van der Waals surface area contributed by atoms with Crippen LogP contribution < -0.4 is 10.9 Å². The number of anilines is 1. The summed E-state index contributed by atoms with van der Waals surface area (Å²) in [5.41, 5.74) is 1.10. The second-order valence-electron chi connectivity index (χ2n) is 6.15. The maximum atomic E-state index is 13.0. The van der Waals surface area contributed by atoms with E-state index >= 15 is 0 Å². The van der Waals surface area contributed by atoms with Crippen LogP contribution in [0.25, 0.3) is 22.2 Å². The third kappa shape index (κ3) is 3.05. The van der Waals surface area contributed by atoms with Crippen molar-refractivity contribution in [3.05, 3.63) is 70.5 Å². The van der Waals surface area contributed by atoms with Crippen molar-refractivity contribution in [3.8, 4) is 11.4 Å². The van der Waals surface area contributed by atoms with Crippen LogP contribution in [-0.4, -0.2) is 25.8 Å². The van der Waals surface area contributed by atoms with Crippen LogP contribution in [0.4, 0.5) is 5.69 Å². The van der Waals surface area contributed by atoms with Gasteiger partial charge in [0.1, 0.15) is 0 Å². The Morgan fingerprint density at radius 2 is 1.82 bits per heavy atom. The second kappa shape index (κ2) is 7.07. The molecule has 1 amide bonds. The van der Waals surface area contributed by atoms with Gasteiger partial charge in [-0.1, -0.05) is 35.5 Å². The van der Waals surface area contributed by atoms with Crippen LogP contribution in [0.2, 0.25) is 0 Å². The molecule has 8 heteroatoms. The third-order valence-corrected chi connectivity index (χ3v) is 4.33. The standard InChI is InChI=1S/C20H17N5O3/c1-3-25-20(27)14-9-5-4-8-13(14)17(23-25)19(26)22-16-11-7-6-10-15(16)18-21-12(2)28-24-18/h4-11H,3H2,1-2H3,(H,22,26). The lowest BCUT2D eigenvalue weighted by atomic mass is 10.1. The van der Waals surface area contributed by atoms with Gasteiger partial charge in [0.25, 0.3) is 11.5 Å². The van der Waals surface area contributed by atoms with Crippen LogP contribution in [0.1, 0.15) is 23.3 Å². The van der Waals surface area contributed by atoms with Crippen LogP contribution in [0.15, 0.2) is 57.8 Å². The summed E-state index contributed by atoms with van der Waals surface area (Å²) in [5, 5.41) is 12.0. The molecule has 4 rings (SSSR count). The minimum absolute atomic E-state index is 0.177. The molecule has 0 saturated carbocycles. The van der Waals surface area contributed by atoms with Crippen molar-refractivity contribution >= 4 is 22.4 Å². The Hall–Kier alpha value is -3.81. The molecule has 2 aromatic heterocycles. The molecule has 28 heavy (non-hydrogen) atoms. The number of carbonyl (C=O) groups is 1. The molecule has 0 atom stereocenters. The number of aryl methyl sites for hydroxylation is 2. The van der Waals surface area contributed by atoms with Gasteiger partial charge in [0.2, 0.25) is 11.7 Å². The van der Waals surface area contributed by atoms with Gasteiger partial charge in [-0.05, 0) is 25.1 Å². The first-order valence-electron chi connectivity index (χ1n) is 8.79. The zero-order valence-electron chi connectivity index (χ0n) is 15.3. The van der Waals surface area contributed by atoms with E-state index in [9.17, 15) is 9.59 Å². The predicted octanol–water partition coefficient (Wildman–Crippen LogP) is 3.03. The van der Waals surface area contributed by atoms with Gasteiger partial charge in [-0.15, -0.1) is 0 Å². The summed E-state index contributed by atoms with van der Waals surface area (Å²) in [6.45, 7) is 3.86. The predicted molar refractivity (Wildman–Crippen MR) is 104 cm³/mol. The van der Waals surface area contributed by atoms with Crippen LogP contribution in [0.5, 0.6) is 0 Å². The van der Waals surface area contributed by atoms with Gasteiger partial charge < -0.3 is 9.84 Å². The number of hydrogen-bond donors (Lipinski definition) is 1. The van der Waals surface area contributed by atoms with Gasteiger partial charge in [0.05, 0.1) is 11.1 Å². The first-order chi connectivity index (χ1) is 13.6. The van der Waals surface area contributed by atoms with Crippen LogP contribution >= 0.6 is 0 Å². The first-order valence-corrected chi connectivity index (χ1v) is 8.79. The van der Waals surface area contributed by atoms with E-state index in [0.29, 0.717) is 40.3 Å². The van der Waals surface area contributed by atoms with Crippen LogP contribution in [-0.2, 0) is 6.54 Å². The fourth-order valence-corrected chi connectivity index (χ4v) is 2.99. The molecular weight excluding hydrogens is 358 g/mol. The molecule has 0 fully saturated rings. The lowest BCUT2D eigenvalue weighted by molar-refractivity contribution is 0.102. The van der Waals surface area contributed by atoms with Crippen LogP contribution in [0.3, 0.4) is 0 Å². The van der Waals surface area contributed by atoms with Gasteiger partial charge in [-0.3, -0.25) is 9.59 Å². The monoisotopic (exact) mass is 375 g/mol. The van der Waals surface area contributed by atoms with Crippen molar-refractivity contribution in [2.45, 2.75) is 20.4 Å². The number of aromatic nitrogens is 4. The molecule has 0 radical (unpaired) electrons. The van der Waals surface area contributed by atoms with Crippen LogP contribution in [0, 0.1) is 6.92 Å². The summed E-state index contributed by atoms with van der Waals surface area (Å²) >= 11 is 0. The fourth-order valence-electron chi connectivity index (χ4n) is 2.99. The average Bonchev–Trinajstić information content (AvgIpc) is 3.15. The van der Waals surface area contributed by atoms with E-state index in [1.54, 1.807) is 56.3 Å². The molecule has 0 aliphatic rings. The largest absolute Gasteiger partial charge is 0.339 e. The molecule has 0 aliphatic heterocycles. The lowest BCUT2D eigenvalue weighted by Gasteiger charge is -2.11. The Kier molecular flexibility index (Phi) is 4.44.